The first-order chi connectivity index (χ1) is 21.0. The van der Waals surface area contributed by atoms with Crippen LogP contribution in [0, 0.1) is 11.8 Å². The number of hydrogen-bond acceptors (Lipinski definition) is 10. The average molecular weight is 625 g/mol. The number of hydrogen-bond donors (Lipinski definition) is 2. The lowest BCUT2D eigenvalue weighted by molar-refractivity contribution is -0.172. The quantitative estimate of drug-likeness (QED) is 0.0608. The van der Waals surface area contributed by atoms with Crippen LogP contribution in [0.3, 0.4) is 0 Å². The maximum absolute atomic E-state index is 12.7. The third kappa shape index (κ3) is 11.2. The molecule has 11 nitrogen and oxygen atoms in total. The number of aldehydes is 1. The van der Waals surface area contributed by atoms with Gasteiger partial charge in [-0.1, -0.05) is 25.5 Å². The van der Waals surface area contributed by atoms with Gasteiger partial charge in [0.15, 0.2) is 0 Å². The second-order valence-corrected chi connectivity index (χ2v) is 13.2. The van der Waals surface area contributed by atoms with Crippen LogP contribution in [0.25, 0.3) is 0 Å². The van der Waals surface area contributed by atoms with Gasteiger partial charge in [0.25, 0.3) is 0 Å². The van der Waals surface area contributed by atoms with Crippen LogP contribution in [-0.4, -0.2) is 107 Å². The Balaban J connectivity index is 1.23. The van der Waals surface area contributed by atoms with Crippen molar-refractivity contribution in [3.63, 3.8) is 0 Å². The summed E-state index contributed by atoms with van der Waals surface area (Å²) in [6.45, 7) is 13.6. The highest BCUT2D eigenvalue weighted by Crippen LogP contribution is 2.59. The fourth-order valence-electron chi connectivity index (χ4n) is 6.36. The molecule has 7 atom stereocenters. The van der Waals surface area contributed by atoms with Crippen LogP contribution < -0.4 is 10.6 Å². The summed E-state index contributed by atoms with van der Waals surface area (Å²) in [5.74, 6) is 0.0840. The number of ether oxygens (including phenoxy) is 6. The molecule has 2 N–H and O–H groups in total. The summed E-state index contributed by atoms with van der Waals surface area (Å²) in [5, 5.41) is 5.90. The molecule has 1 saturated carbocycles. The van der Waals surface area contributed by atoms with E-state index in [2.05, 4.69) is 51.3 Å². The molecule has 0 bridgehead atoms. The van der Waals surface area contributed by atoms with Gasteiger partial charge in [0.1, 0.15) is 29.7 Å². The summed E-state index contributed by atoms with van der Waals surface area (Å²) in [6.07, 6.45) is 6.87. The lowest BCUT2D eigenvalue weighted by Gasteiger charge is -2.42. The highest BCUT2D eigenvalue weighted by atomic mass is 16.6. The Morgan fingerprint density at radius 2 is 1.80 bits per heavy atom. The number of esters is 1. The Morgan fingerprint density at radius 3 is 2.43 bits per heavy atom. The van der Waals surface area contributed by atoms with Crippen molar-refractivity contribution in [2.45, 2.75) is 115 Å². The van der Waals surface area contributed by atoms with E-state index in [1.807, 2.05) is 0 Å². The molecule has 2 heterocycles. The topological polar surface area (TPSA) is 137 Å². The summed E-state index contributed by atoms with van der Waals surface area (Å²) in [4.78, 5) is 35.7. The molecule has 11 heteroatoms. The molecule has 0 radical (unpaired) electrons. The molecule has 3 rings (SSSR count). The largest absolute Gasteiger partial charge is 0.460 e. The van der Waals surface area contributed by atoms with Gasteiger partial charge >= 0.3 is 5.97 Å². The Morgan fingerprint density at radius 1 is 1.07 bits per heavy atom. The summed E-state index contributed by atoms with van der Waals surface area (Å²) in [6, 6.07) is -0.216. The zero-order valence-electron chi connectivity index (χ0n) is 27.7. The third-order valence-corrected chi connectivity index (χ3v) is 8.78. The Labute approximate surface area is 263 Å². The molecule has 44 heavy (non-hydrogen) atoms. The van der Waals surface area contributed by atoms with Crippen molar-refractivity contribution in [1.82, 2.24) is 10.6 Å². The zero-order valence-corrected chi connectivity index (χ0v) is 27.7. The highest BCUT2D eigenvalue weighted by molar-refractivity contribution is 5.76. The van der Waals surface area contributed by atoms with Gasteiger partial charge in [-0.15, -0.1) is 0 Å². The van der Waals surface area contributed by atoms with E-state index in [0.717, 1.165) is 25.5 Å². The van der Waals surface area contributed by atoms with Crippen LogP contribution >= 0.6 is 0 Å². The molecule has 0 aromatic rings. The monoisotopic (exact) mass is 624 g/mol. The maximum Gasteiger partial charge on any atom is 0.306 e. The van der Waals surface area contributed by atoms with Gasteiger partial charge in [0.05, 0.1) is 44.5 Å². The van der Waals surface area contributed by atoms with Crippen LogP contribution in [-0.2, 0) is 42.8 Å². The van der Waals surface area contributed by atoms with Gasteiger partial charge < -0.3 is 43.8 Å². The van der Waals surface area contributed by atoms with Crippen molar-refractivity contribution in [2.24, 2.45) is 11.8 Å². The summed E-state index contributed by atoms with van der Waals surface area (Å²) in [5.41, 5.74) is 0.664. The van der Waals surface area contributed by atoms with Crippen molar-refractivity contribution in [2.75, 3.05) is 53.2 Å². The van der Waals surface area contributed by atoms with Crippen molar-refractivity contribution in [3.05, 3.63) is 11.6 Å². The maximum atomic E-state index is 12.7. The van der Waals surface area contributed by atoms with Gasteiger partial charge in [-0.2, -0.15) is 0 Å². The highest BCUT2D eigenvalue weighted by Gasteiger charge is 2.72. The molecule has 2 aliphatic heterocycles. The second-order valence-electron chi connectivity index (χ2n) is 13.2. The van der Waals surface area contributed by atoms with E-state index in [1.54, 1.807) is 7.11 Å². The van der Waals surface area contributed by atoms with Gasteiger partial charge in [0.2, 0.25) is 5.91 Å². The summed E-state index contributed by atoms with van der Waals surface area (Å²) < 4.78 is 35.2. The fraction of sp³-hybridized carbons (Fsp3) is 0.848. The number of rotatable bonds is 22. The first-order valence-electron chi connectivity index (χ1n) is 16.3. The van der Waals surface area contributed by atoms with E-state index < -0.39 is 0 Å². The number of carbonyl (C=O) groups is 3. The van der Waals surface area contributed by atoms with Crippen LogP contribution in [0.1, 0.15) is 79.6 Å². The van der Waals surface area contributed by atoms with Crippen molar-refractivity contribution in [1.29, 1.82) is 0 Å². The predicted octanol–water partition coefficient (Wildman–Crippen LogP) is 3.13. The van der Waals surface area contributed by atoms with Crippen LogP contribution in [0.2, 0.25) is 0 Å². The molecular formula is C33H56N2O9. The molecule has 0 aromatic carbocycles. The molecule has 3 unspecified atom stereocenters. The minimum atomic E-state index is -0.359. The number of allylic oxidation sites excluding steroid dienone is 1. The first kappa shape index (κ1) is 36.6. The van der Waals surface area contributed by atoms with E-state index in [0.29, 0.717) is 71.3 Å². The van der Waals surface area contributed by atoms with E-state index in [4.69, 9.17) is 28.4 Å². The Kier molecular flexibility index (Phi) is 14.7. The zero-order chi connectivity index (χ0) is 32.2. The molecule has 1 aliphatic carbocycles. The van der Waals surface area contributed by atoms with Crippen LogP contribution in [0.15, 0.2) is 11.6 Å². The number of epoxide rings is 2. The molecule has 1 amide bonds. The standard InChI is InChI=1S/C33H56N2O9/c1-23(2)9-10-27-32(5,44-27)31-30(39-6)26(11-13-33(31)22-42-33)43-29(38)8-7-16-40-18-19-41-17-15-35-28(37)12-14-34-25(21-36)20-24(3)4/h9,21,24-27,30-31,34H,7-8,10-20,22H2,1-6H3,(H,35,37)/t25-,26?,27+,30?,31?,32+,33-/m0/s1. The fourth-order valence-corrected chi connectivity index (χ4v) is 6.36. The number of nitrogens with one attached hydrogen (secondary N) is 2. The Bertz CT molecular complexity index is 950. The SMILES string of the molecule is COC1C(OC(=O)CCCOCCOCCNC(=O)CCN[C@H](C=O)CC(C)C)CC[C@]2(CO2)C1[C@]1(C)O[C@@H]1CC=C(C)C. The summed E-state index contributed by atoms with van der Waals surface area (Å²) >= 11 is 0. The van der Waals surface area contributed by atoms with Gasteiger partial charge in [-0.3, -0.25) is 9.59 Å². The van der Waals surface area contributed by atoms with Crippen molar-refractivity contribution in [3.8, 4) is 0 Å². The van der Waals surface area contributed by atoms with E-state index in [9.17, 15) is 14.4 Å². The third-order valence-electron chi connectivity index (χ3n) is 8.78. The molecule has 1 spiro atoms. The smallest absolute Gasteiger partial charge is 0.306 e. The molecule has 3 aliphatic rings. The van der Waals surface area contributed by atoms with Crippen LogP contribution in [0.4, 0.5) is 0 Å². The van der Waals surface area contributed by atoms with Gasteiger partial charge in [-0.25, -0.2) is 0 Å². The molecular weight excluding hydrogens is 568 g/mol. The molecule has 252 valence electrons. The average Bonchev–Trinajstić information content (AvgIpc) is 3.89. The normalized spacial score (nSPS) is 29.7. The summed E-state index contributed by atoms with van der Waals surface area (Å²) in [7, 11) is 1.68. The van der Waals surface area contributed by atoms with Crippen LogP contribution in [0.5, 0.6) is 0 Å². The minimum Gasteiger partial charge on any atom is -0.460 e. The molecule has 3 fully saturated rings. The number of methoxy groups -OCH3 is 1. The predicted molar refractivity (Wildman–Crippen MR) is 165 cm³/mol. The lowest BCUT2D eigenvalue weighted by atomic mass is 9.68. The van der Waals surface area contributed by atoms with E-state index in [-0.39, 0.29) is 59.8 Å². The van der Waals surface area contributed by atoms with Crippen molar-refractivity contribution < 1.29 is 42.8 Å². The van der Waals surface area contributed by atoms with E-state index in [1.165, 1.54) is 5.57 Å². The molecule has 0 aromatic heterocycles. The van der Waals surface area contributed by atoms with Gasteiger partial charge in [-0.05, 0) is 58.8 Å². The molecule has 2 saturated heterocycles. The van der Waals surface area contributed by atoms with Crippen molar-refractivity contribution >= 4 is 18.2 Å². The van der Waals surface area contributed by atoms with E-state index >= 15 is 0 Å². The number of carbonyl (C=O) groups excluding carboxylic acids is 3. The van der Waals surface area contributed by atoms with Gasteiger partial charge in [0, 0.05) is 39.6 Å². The number of amides is 1. The first-order valence-corrected chi connectivity index (χ1v) is 16.3. The lowest BCUT2D eigenvalue weighted by Crippen LogP contribution is -2.55. The minimum absolute atomic E-state index is 0.00603. The Hall–Kier alpha value is -1.89. The second kappa shape index (κ2) is 17.7.